The predicted octanol–water partition coefficient (Wildman–Crippen LogP) is -6.26. The number of hydrogen-bond acceptors (Lipinski definition) is 12. The molecule has 3 aliphatic rings. The van der Waals surface area contributed by atoms with Crippen molar-refractivity contribution in [3.8, 4) is 0 Å². The van der Waals surface area contributed by atoms with Gasteiger partial charge >= 0.3 is 5.69 Å². The average Bonchev–Trinajstić information content (AvgIpc) is 3.28. The molecule has 1 aromatic heterocycles. The second kappa shape index (κ2) is 9.63. The van der Waals surface area contributed by atoms with E-state index < -0.39 is 79.7 Å². The van der Waals surface area contributed by atoms with Crippen molar-refractivity contribution in [2.45, 2.75) is 49.0 Å². The maximum Gasteiger partial charge on any atom is 0.315 e. The van der Waals surface area contributed by atoms with Crippen molar-refractivity contribution in [3.63, 3.8) is 0 Å². The van der Waals surface area contributed by atoms with Crippen LogP contribution in [0.2, 0.25) is 0 Å². The lowest BCUT2D eigenvalue weighted by atomic mass is 9.93. The van der Waals surface area contributed by atoms with Crippen molar-refractivity contribution in [2.75, 3.05) is 18.9 Å². The summed E-state index contributed by atoms with van der Waals surface area (Å²) in [6, 6.07) is 1.26. The Balaban J connectivity index is 1.63. The maximum atomic E-state index is 13.2. The van der Waals surface area contributed by atoms with Gasteiger partial charge in [-0.3, -0.25) is 9.14 Å². The first-order valence-electron chi connectivity index (χ1n) is 10.7. The number of amidine groups is 1. The van der Waals surface area contributed by atoms with Crippen LogP contribution in [0, 0.1) is 12.6 Å². The number of nitrogens with zero attached hydrogens (tertiary/aromatic N) is 3. The molecule has 3 aliphatic heterocycles. The van der Waals surface area contributed by atoms with E-state index >= 15 is 0 Å². The zero-order valence-electron chi connectivity index (χ0n) is 18.2. The number of aromatic nitrogens is 2. The Hall–Kier alpha value is -2.89. The monoisotopic (exact) mass is 497 g/mol. The number of amides is 1. The van der Waals surface area contributed by atoms with Crippen LogP contribution in [0.25, 0.3) is 0 Å². The number of nitrogen functional groups attached to an aromatic ring is 1. The second-order valence-electron chi connectivity index (χ2n) is 8.38. The number of anilines is 1. The summed E-state index contributed by atoms with van der Waals surface area (Å²) >= 11 is 0. The van der Waals surface area contributed by atoms with Crippen LogP contribution in [0.4, 0.5) is 5.82 Å². The SMILES string of the molecule is NC1=[N+]([C-2][n+]2c(N)ccn([C@@H]3O[C@H](CO)[C@@H](O)[C@H]3O)c2=O)C(=O)C([C@@H]2O[C@H](CO)[C@@H](O)[C@H]2O)C=C1. The molecule has 15 nitrogen and oxygen atoms in total. The standard InChI is InChI=1S/C20H27N5O10/c21-11-2-1-8(17-15(30)13(28)9(5-26)34-17)18(32)24(11)7-25-12(22)3-4-23(20(25)33)19-16(31)14(29)10(6-27)35-19/h1-4,8-10,13-17,19,26-31H,5-6,21-22H2/t8?,9-,10-,13-,14-,15-,16-,17+,19-/m1/s1. The van der Waals surface area contributed by atoms with Gasteiger partial charge in [0.15, 0.2) is 6.23 Å². The average molecular weight is 497 g/mol. The summed E-state index contributed by atoms with van der Waals surface area (Å²) < 4.78 is 13.2. The van der Waals surface area contributed by atoms with Crippen LogP contribution in [0.1, 0.15) is 6.23 Å². The first kappa shape index (κ1) is 25.2. The fourth-order valence-corrected chi connectivity index (χ4v) is 4.24. The van der Waals surface area contributed by atoms with Gasteiger partial charge in [-0.1, -0.05) is 6.08 Å². The van der Waals surface area contributed by atoms with Crippen LogP contribution < -0.4 is 21.7 Å². The fourth-order valence-electron chi connectivity index (χ4n) is 4.24. The summed E-state index contributed by atoms with van der Waals surface area (Å²) in [7, 11) is 0. The van der Waals surface area contributed by atoms with E-state index in [0.717, 1.165) is 13.7 Å². The Morgan fingerprint density at radius 1 is 0.971 bits per heavy atom. The summed E-state index contributed by atoms with van der Waals surface area (Å²) in [5, 5.41) is 59.2. The van der Waals surface area contributed by atoms with Crippen LogP contribution in [0.15, 0.2) is 29.2 Å². The zero-order chi connectivity index (χ0) is 25.6. The first-order chi connectivity index (χ1) is 16.6. The van der Waals surface area contributed by atoms with E-state index in [2.05, 4.69) is 6.67 Å². The lowest BCUT2D eigenvalue weighted by Gasteiger charge is -2.29. The molecule has 0 aliphatic carbocycles. The van der Waals surface area contributed by atoms with Crippen molar-refractivity contribution in [1.82, 2.24) is 4.57 Å². The highest BCUT2D eigenvalue weighted by molar-refractivity contribution is 5.95. The predicted molar refractivity (Wildman–Crippen MR) is 112 cm³/mol. The van der Waals surface area contributed by atoms with Gasteiger partial charge in [-0.25, -0.2) is 0 Å². The molecule has 0 saturated carbocycles. The van der Waals surface area contributed by atoms with Crippen molar-refractivity contribution < 1.29 is 54.1 Å². The molecule has 15 heteroatoms. The van der Waals surface area contributed by atoms with Crippen LogP contribution in [0.5, 0.6) is 0 Å². The molecule has 2 fully saturated rings. The topological polar surface area (TPSA) is 238 Å². The van der Waals surface area contributed by atoms with Gasteiger partial charge in [0.1, 0.15) is 36.6 Å². The van der Waals surface area contributed by atoms with E-state index in [9.17, 15) is 40.2 Å². The van der Waals surface area contributed by atoms with Gasteiger partial charge in [0.05, 0.1) is 31.1 Å². The van der Waals surface area contributed by atoms with E-state index in [4.69, 9.17) is 20.9 Å². The maximum absolute atomic E-state index is 13.2. The van der Waals surface area contributed by atoms with E-state index in [0.29, 0.717) is 0 Å². The highest BCUT2D eigenvalue weighted by Crippen LogP contribution is 2.30. The lowest BCUT2D eigenvalue weighted by Crippen LogP contribution is -2.60. The molecule has 4 rings (SSSR count). The Morgan fingerprint density at radius 3 is 2.20 bits per heavy atom. The molecule has 0 spiro atoms. The van der Waals surface area contributed by atoms with Crippen LogP contribution in [-0.2, 0) is 14.3 Å². The quantitative estimate of drug-likeness (QED) is 0.171. The minimum Gasteiger partial charge on any atom is -0.421 e. The summed E-state index contributed by atoms with van der Waals surface area (Å²) in [5.74, 6) is -2.23. The van der Waals surface area contributed by atoms with E-state index in [1.807, 2.05) is 0 Å². The largest absolute Gasteiger partial charge is 0.421 e. The molecule has 2 saturated heterocycles. The molecule has 0 radical (unpaired) electrons. The van der Waals surface area contributed by atoms with Gasteiger partial charge in [-0.05, 0) is 18.3 Å². The molecular weight excluding hydrogens is 470 g/mol. The number of rotatable bonds is 6. The normalized spacial score (nSPS) is 37.3. The molecule has 0 aromatic carbocycles. The number of nitrogens with two attached hydrogens (primary N) is 2. The second-order valence-corrected chi connectivity index (χ2v) is 8.38. The van der Waals surface area contributed by atoms with E-state index in [1.165, 1.54) is 24.4 Å². The number of hydrogen-bond donors (Lipinski definition) is 8. The van der Waals surface area contributed by atoms with Crippen molar-refractivity contribution in [3.05, 3.63) is 41.6 Å². The third-order valence-electron chi connectivity index (χ3n) is 6.24. The lowest BCUT2D eigenvalue weighted by molar-refractivity contribution is -0.740. The minimum atomic E-state index is -1.55. The van der Waals surface area contributed by atoms with Gasteiger partial charge < -0.3 is 65.7 Å². The first-order valence-corrected chi connectivity index (χ1v) is 10.7. The van der Waals surface area contributed by atoms with Gasteiger partial charge in [0.2, 0.25) is 18.4 Å². The highest BCUT2D eigenvalue weighted by Gasteiger charge is 2.48. The Kier molecular flexibility index (Phi) is 6.94. The summed E-state index contributed by atoms with van der Waals surface area (Å²) in [6.45, 7) is 1.29. The number of aliphatic hydroxyl groups is 6. The molecule has 1 unspecified atom stereocenters. The van der Waals surface area contributed by atoms with Crippen molar-refractivity contribution >= 4 is 17.6 Å². The molecule has 0 bridgehead atoms. The third kappa shape index (κ3) is 4.21. The number of carbonyl (C=O) groups excluding carboxylic acids is 1. The summed E-state index contributed by atoms with van der Waals surface area (Å²) in [6.07, 6.45) is -6.83. The molecule has 1 aromatic rings. The van der Waals surface area contributed by atoms with Gasteiger partial charge in [0, 0.05) is 0 Å². The molecule has 10 N–H and O–H groups in total. The Labute approximate surface area is 198 Å². The van der Waals surface area contributed by atoms with E-state index in [-0.39, 0.29) is 11.7 Å². The Bertz CT molecular complexity index is 1110. The fraction of sp³-hybridized carbons (Fsp3) is 0.550. The van der Waals surface area contributed by atoms with Gasteiger partial charge in [-0.15, -0.1) is 0 Å². The number of ether oxygens (including phenoxy) is 2. The van der Waals surface area contributed by atoms with Crippen molar-refractivity contribution in [1.29, 1.82) is 0 Å². The molecular formula is C20H27N5O10. The molecule has 35 heavy (non-hydrogen) atoms. The zero-order valence-corrected chi connectivity index (χ0v) is 18.2. The molecule has 192 valence electrons. The summed E-state index contributed by atoms with van der Waals surface area (Å²) in [4.78, 5) is 26.3. The number of aliphatic hydroxyl groups excluding tert-OH is 6. The molecule has 4 heterocycles. The highest BCUT2D eigenvalue weighted by atomic mass is 16.6. The van der Waals surface area contributed by atoms with Crippen LogP contribution in [-0.4, -0.2) is 107 Å². The smallest absolute Gasteiger partial charge is 0.315 e. The molecule has 1 amide bonds. The van der Waals surface area contributed by atoms with Crippen LogP contribution in [0.3, 0.4) is 0 Å². The third-order valence-corrected chi connectivity index (χ3v) is 6.24. The van der Waals surface area contributed by atoms with Crippen molar-refractivity contribution in [2.24, 2.45) is 11.7 Å². The molecule has 9 atom stereocenters. The minimum absolute atomic E-state index is 0.146. The van der Waals surface area contributed by atoms with E-state index in [1.54, 1.807) is 0 Å². The van der Waals surface area contributed by atoms with Gasteiger partial charge in [0.25, 0.3) is 0 Å². The summed E-state index contributed by atoms with van der Waals surface area (Å²) in [5.41, 5.74) is 10.9. The Morgan fingerprint density at radius 2 is 1.60 bits per heavy atom. The van der Waals surface area contributed by atoms with Gasteiger partial charge in [-0.2, -0.15) is 0 Å². The number of carbonyl (C=O) groups is 1. The van der Waals surface area contributed by atoms with Crippen LogP contribution >= 0.6 is 0 Å².